The molecule has 4 heteroatoms. The minimum Gasteiger partial charge on any atom is -0.490 e. The molecule has 1 aromatic heterocycles. The molecule has 0 radical (unpaired) electrons. The summed E-state index contributed by atoms with van der Waals surface area (Å²) in [7, 11) is 3.13. The lowest BCUT2D eigenvalue weighted by Gasteiger charge is -2.08. The van der Waals surface area contributed by atoms with Crippen LogP contribution >= 0.6 is 0 Å². The zero-order valence-electron chi connectivity index (χ0n) is 7.71. The number of hydrogen-bond acceptors (Lipinski definition) is 4. The summed E-state index contributed by atoms with van der Waals surface area (Å²) in [5, 5.41) is 0. The van der Waals surface area contributed by atoms with Gasteiger partial charge in [0.25, 0.3) is 5.88 Å². The Morgan fingerprint density at radius 3 is 2.17 bits per heavy atom. The largest absolute Gasteiger partial charge is 0.490 e. The lowest BCUT2D eigenvalue weighted by Crippen LogP contribution is -2.00. The first kappa shape index (κ1) is 8.77. The predicted molar refractivity (Wildman–Crippen MR) is 44.6 cm³/mol. The van der Waals surface area contributed by atoms with Gasteiger partial charge in [0.05, 0.1) is 19.9 Å². The average Bonchev–Trinajstić information content (AvgIpc) is 2.03. The molecule has 0 spiro atoms. The number of methoxy groups -OCH3 is 2. The summed E-state index contributed by atoms with van der Waals surface area (Å²) in [6, 6.07) is 0. The highest BCUT2D eigenvalue weighted by Crippen LogP contribution is 2.26. The highest BCUT2D eigenvalue weighted by atomic mass is 16.5. The average molecular weight is 168 g/mol. The fourth-order valence-corrected chi connectivity index (χ4v) is 1.04. The van der Waals surface area contributed by atoms with Crippen LogP contribution in [0.3, 0.4) is 0 Å². The molecule has 0 bridgehead atoms. The van der Waals surface area contributed by atoms with Gasteiger partial charge in [-0.3, -0.25) is 0 Å². The zero-order chi connectivity index (χ0) is 9.14. The molecule has 0 aliphatic heterocycles. The van der Waals surface area contributed by atoms with E-state index in [1.807, 2.05) is 13.8 Å². The van der Waals surface area contributed by atoms with Gasteiger partial charge in [-0.15, -0.1) is 0 Å². The van der Waals surface area contributed by atoms with E-state index in [9.17, 15) is 0 Å². The first-order chi connectivity index (χ1) is 5.69. The first-order valence-corrected chi connectivity index (χ1v) is 3.62. The number of rotatable bonds is 2. The Bertz CT molecular complexity index is 287. The third kappa shape index (κ3) is 1.47. The van der Waals surface area contributed by atoms with E-state index < -0.39 is 0 Å². The second kappa shape index (κ2) is 3.38. The second-order valence-electron chi connectivity index (χ2n) is 2.40. The van der Waals surface area contributed by atoms with Crippen LogP contribution in [0.25, 0.3) is 0 Å². The SMILES string of the molecule is COc1nc(C)nc(C)c1OC. The zero-order valence-corrected chi connectivity index (χ0v) is 7.71. The van der Waals surface area contributed by atoms with Gasteiger partial charge in [0.2, 0.25) is 5.75 Å². The van der Waals surface area contributed by atoms with E-state index in [0.717, 1.165) is 5.69 Å². The minimum absolute atomic E-state index is 0.488. The molecule has 0 N–H and O–H groups in total. The van der Waals surface area contributed by atoms with E-state index in [4.69, 9.17) is 9.47 Å². The lowest BCUT2D eigenvalue weighted by molar-refractivity contribution is 0.337. The summed E-state index contributed by atoms with van der Waals surface area (Å²) in [5.41, 5.74) is 0.793. The Hall–Kier alpha value is -1.32. The van der Waals surface area contributed by atoms with Crippen LogP contribution in [0.4, 0.5) is 0 Å². The van der Waals surface area contributed by atoms with Crippen molar-refractivity contribution >= 4 is 0 Å². The molecule has 0 atom stereocenters. The van der Waals surface area contributed by atoms with Gasteiger partial charge in [-0.2, -0.15) is 4.98 Å². The summed E-state index contributed by atoms with van der Waals surface area (Å²) in [6.07, 6.45) is 0. The molecule has 0 saturated carbocycles. The van der Waals surface area contributed by atoms with E-state index in [0.29, 0.717) is 17.5 Å². The Labute approximate surface area is 71.6 Å². The van der Waals surface area contributed by atoms with Crippen molar-refractivity contribution in [3.63, 3.8) is 0 Å². The van der Waals surface area contributed by atoms with Gasteiger partial charge in [0.1, 0.15) is 5.82 Å². The van der Waals surface area contributed by atoms with Crippen LogP contribution in [0, 0.1) is 13.8 Å². The van der Waals surface area contributed by atoms with Crippen LogP contribution in [-0.4, -0.2) is 24.2 Å². The molecule has 1 rings (SSSR count). The van der Waals surface area contributed by atoms with Crippen LogP contribution in [0.2, 0.25) is 0 Å². The van der Waals surface area contributed by atoms with Crippen molar-refractivity contribution in [3.05, 3.63) is 11.5 Å². The highest BCUT2D eigenvalue weighted by molar-refractivity contribution is 5.37. The van der Waals surface area contributed by atoms with E-state index in [1.165, 1.54) is 0 Å². The summed E-state index contributed by atoms with van der Waals surface area (Å²) < 4.78 is 10.1. The van der Waals surface area contributed by atoms with Crippen LogP contribution in [0.15, 0.2) is 0 Å². The summed E-state index contributed by atoms with van der Waals surface area (Å²) >= 11 is 0. The van der Waals surface area contributed by atoms with Crippen molar-refractivity contribution < 1.29 is 9.47 Å². The molecule has 0 aliphatic carbocycles. The van der Waals surface area contributed by atoms with Crippen molar-refractivity contribution in [2.75, 3.05) is 14.2 Å². The number of aryl methyl sites for hydroxylation is 2. The third-order valence-corrected chi connectivity index (χ3v) is 1.51. The molecule has 0 amide bonds. The predicted octanol–water partition coefficient (Wildman–Crippen LogP) is 1.11. The maximum absolute atomic E-state index is 5.07. The Morgan fingerprint density at radius 2 is 1.67 bits per heavy atom. The highest BCUT2D eigenvalue weighted by Gasteiger charge is 2.09. The topological polar surface area (TPSA) is 44.2 Å². The van der Waals surface area contributed by atoms with Crippen molar-refractivity contribution in [1.82, 2.24) is 9.97 Å². The van der Waals surface area contributed by atoms with E-state index in [1.54, 1.807) is 14.2 Å². The fourth-order valence-electron chi connectivity index (χ4n) is 1.04. The van der Waals surface area contributed by atoms with E-state index >= 15 is 0 Å². The number of nitrogens with zero attached hydrogens (tertiary/aromatic N) is 2. The van der Waals surface area contributed by atoms with Gasteiger partial charge in [0.15, 0.2) is 0 Å². The molecular formula is C8H12N2O2. The molecule has 0 aliphatic rings. The number of hydrogen-bond donors (Lipinski definition) is 0. The second-order valence-corrected chi connectivity index (χ2v) is 2.40. The van der Waals surface area contributed by atoms with Crippen LogP contribution in [0.1, 0.15) is 11.5 Å². The molecule has 12 heavy (non-hydrogen) atoms. The summed E-state index contributed by atoms with van der Waals surface area (Å²) in [6.45, 7) is 3.67. The summed E-state index contributed by atoms with van der Waals surface area (Å²) in [5.74, 6) is 1.77. The van der Waals surface area contributed by atoms with E-state index in [-0.39, 0.29) is 0 Å². The van der Waals surface area contributed by atoms with E-state index in [2.05, 4.69) is 9.97 Å². The van der Waals surface area contributed by atoms with Crippen LogP contribution in [0.5, 0.6) is 11.6 Å². The molecule has 4 nitrogen and oxygen atoms in total. The molecule has 1 aromatic rings. The monoisotopic (exact) mass is 168 g/mol. The Kier molecular flexibility index (Phi) is 2.47. The number of ether oxygens (including phenoxy) is 2. The molecular weight excluding hydrogens is 156 g/mol. The van der Waals surface area contributed by atoms with Crippen molar-refractivity contribution in [3.8, 4) is 11.6 Å². The smallest absolute Gasteiger partial charge is 0.260 e. The maximum Gasteiger partial charge on any atom is 0.260 e. The van der Waals surface area contributed by atoms with Crippen LogP contribution in [-0.2, 0) is 0 Å². The van der Waals surface area contributed by atoms with Gasteiger partial charge < -0.3 is 9.47 Å². The lowest BCUT2D eigenvalue weighted by atomic mass is 10.4. The molecule has 1 heterocycles. The fraction of sp³-hybridized carbons (Fsp3) is 0.500. The van der Waals surface area contributed by atoms with Crippen molar-refractivity contribution in [2.24, 2.45) is 0 Å². The summed E-state index contributed by atoms with van der Waals surface area (Å²) in [4.78, 5) is 8.20. The Balaban J connectivity index is 3.24. The molecule has 0 fully saturated rings. The van der Waals surface area contributed by atoms with Crippen molar-refractivity contribution in [2.45, 2.75) is 13.8 Å². The maximum atomic E-state index is 5.07. The Morgan fingerprint density at radius 1 is 1.00 bits per heavy atom. The quantitative estimate of drug-likeness (QED) is 0.663. The first-order valence-electron chi connectivity index (χ1n) is 3.62. The molecule has 66 valence electrons. The van der Waals surface area contributed by atoms with Gasteiger partial charge in [0, 0.05) is 0 Å². The standard InChI is InChI=1S/C8H12N2O2/c1-5-7(11-3)8(12-4)10-6(2)9-5/h1-4H3. The van der Waals surface area contributed by atoms with Crippen LogP contribution < -0.4 is 9.47 Å². The molecule has 0 saturated heterocycles. The van der Waals surface area contributed by atoms with Gasteiger partial charge in [-0.25, -0.2) is 4.98 Å². The van der Waals surface area contributed by atoms with Crippen molar-refractivity contribution in [1.29, 1.82) is 0 Å². The van der Waals surface area contributed by atoms with Gasteiger partial charge in [-0.05, 0) is 13.8 Å². The molecule has 0 aromatic carbocycles. The van der Waals surface area contributed by atoms with Gasteiger partial charge in [-0.1, -0.05) is 0 Å². The minimum atomic E-state index is 0.488. The van der Waals surface area contributed by atoms with Gasteiger partial charge >= 0.3 is 0 Å². The third-order valence-electron chi connectivity index (χ3n) is 1.51. The normalized spacial score (nSPS) is 9.67. The number of aromatic nitrogens is 2. The molecule has 0 unspecified atom stereocenters.